The molecule has 0 radical (unpaired) electrons. The van der Waals surface area contributed by atoms with Gasteiger partial charge in [0.15, 0.2) is 5.65 Å². The number of aromatic nitrogens is 3. The second kappa shape index (κ2) is 7.30. The van der Waals surface area contributed by atoms with Crippen LogP contribution in [0.2, 0.25) is 0 Å². The number of hydrogen-bond acceptors (Lipinski definition) is 6. The van der Waals surface area contributed by atoms with Gasteiger partial charge in [0.2, 0.25) is 11.9 Å². The van der Waals surface area contributed by atoms with E-state index in [2.05, 4.69) is 37.9 Å². The van der Waals surface area contributed by atoms with Crippen LogP contribution in [0.15, 0.2) is 40.4 Å². The monoisotopic (exact) mass is 528 g/mol. The summed E-state index contributed by atoms with van der Waals surface area (Å²) in [5.41, 5.74) is 1.23. The molecule has 4 rings (SSSR count). The van der Waals surface area contributed by atoms with Gasteiger partial charge >= 0.3 is 0 Å². The minimum absolute atomic E-state index is 0.000222. The van der Waals surface area contributed by atoms with Crippen LogP contribution in [0.4, 0.5) is 5.95 Å². The fourth-order valence-corrected chi connectivity index (χ4v) is 5.84. The number of rotatable bonds is 5. The summed E-state index contributed by atoms with van der Waals surface area (Å²) in [4.78, 5) is 21.1. The lowest BCUT2D eigenvalue weighted by Crippen LogP contribution is -2.17. The molecule has 7 nitrogen and oxygen atoms in total. The maximum atomic E-state index is 13.2. The maximum absolute atomic E-state index is 13.2. The average Bonchev–Trinajstić information content (AvgIpc) is 3.46. The number of carbonyl (C=O) groups excluding carboxylic acids is 1. The third-order valence-electron chi connectivity index (χ3n) is 4.49. The standard InChI is InChI=1S/C18H17IN4O3S2/c1-10-3-7-12(8-4-10)28(25,26)23-9-13(19)14-15(23)20-18(22-17(14)27-2)21-16(24)11-5-6-11/h3-4,7-9,11H,5-6H2,1-2H3,(H,20,21,22,24). The van der Waals surface area contributed by atoms with Gasteiger partial charge in [0, 0.05) is 15.7 Å². The van der Waals surface area contributed by atoms with E-state index in [1.54, 1.807) is 30.5 Å². The van der Waals surface area contributed by atoms with Crippen LogP contribution in [0, 0.1) is 16.4 Å². The highest BCUT2D eigenvalue weighted by Gasteiger charge is 2.31. The lowest BCUT2D eigenvalue weighted by molar-refractivity contribution is -0.117. The number of anilines is 1. The van der Waals surface area contributed by atoms with E-state index < -0.39 is 10.0 Å². The SMILES string of the molecule is CSc1nc(NC(=O)C2CC2)nc2c1c(I)cn2S(=O)(=O)c1ccc(C)cc1. The number of aryl methyl sites for hydroxylation is 1. The summed E-state index contributed by atoms with van der Waals surface area (Å²) in [6.07, 6.45) is 5.12. The highest BCUT2D eigenvalue weighted by atomic mass is 127. The van der Waals surface area contributed by atoms with Gasteiger partial charge in [-0.2, -0.15) is 4.98 Å². The van der Waals surface area contributed by atoms with Crippen molar-refractivity contribution in [3.63, 3.8) is 0 Å². The summed E-state index contributed by atoms with van der Waals surface area (Å²) in [6.45, 7) is 1.90. The summed E-state index contributed by atoms with van der Waals surface area (Å²) in [5.74, 6) is 0.00411. The Bertz CT molecular complexity index is 1190. The summed E-state index contributed by atoms with van der Waals surface area (Å²) < 4.78 is 28.4. The molecule has 0 aliphatic heterocycles. The zero-order chi connectivity index (χ0) is 20.1. The molecule has 2 aromatic heterocycles. The van der Waals surface area contributed by atoms with Gasteiger partial charge in [0.1, 0.15) is 5.03 Å². The van der Waals surface area contributed by atoms with Crippen LogP contribution in [-0.4, -0.2) is 34.5 Å². The number of benzene rings is 1. The maximum Gasteiger partial charge on any atom is 0.269 e. The summed E-state index contributed by atoms with van der Waals surface area (Å²) >= 11 is 3.47. The lowest BCUT2D eigenvalue weighted by atomic mass is 10.2. The van der Waals surface area contributed by atoms with Crippen LogP contribution in [-0.2, 0) is 14.8 Å². The minimum atomic E-state index is -3.84. The molecule has 146 valence electrons. The molecule has 3 aromatic rings. The van der Waals surface area contributed by atoms with Crippen molar-refractivity contribution in [2.24, 2.45) is 5.92 Å². The van der Waals surface area contributed by atoms with Crippen molar-refractivity contribution >= 4 is 67.3 Å². The Kier molecular flexibility index (Phi) is 5.12. The van der Waals surface area contributed by atoms with E-state index >= 15 is 0 Å². The quantitative estimate of drug-likeness (QED) is 0.309. The Balaban J connectivity index is 1.88. The van der Waals surface area contributed by atoms with E-state index in [0.717, 1.165) is 22.0 Å². The van der Waals surface area contributed by atoms with E-state index in [1.165, 1.54) is 15.7 Å². The van der Waals surface area contributed by atoms with Crippen LogP contribution in [0.25, 0.3) is 11.0 Å². The first kappa shape index (κ1) is 19.6. The smallest absolute Gasteiger partial charge is 0.269 e. The number of thioether (sulfide) groups is 1. The van der Waals surface area contributed by atoms with Crippen LogP contribution >= 0.6 is 34.4 Å². The normalized spacial score (nSPS) is 14.4. The number of nitrogens with one attached hydrogen (secondary N) is 1. The van der Waals surface area contributed by atoms with E-state index in [0.29, 0.717) is 10.4 Å². The molecule has 1 aliphatic rings. The summed E-state index contributed by atoms with van der Waals surface area (Å²) in [5, 5.41) is 4.00. The van der Waals surface area contributed by atoms with Gasteiger partial charge in [0.05, 0.1) is 10.3 Å². The fraction of sp³-hybridized carbons (Fsp3) is 0.278. The predicted molar refractivity (Wildman–Crippen MR) is 117 cm³/mol. The summed E-state index contributed by atoms with van der Waals surface area (Å²) in [6, 6.07) is 6.67. The molecule has 0 saturated heterocycles. The van der Waals surface area contributed by atoms with Crippen molar-refractivity contribution in [3.8, 4) is 0 Å². The van der Waals surface area contributed by atoms with E-state index in [9.17, 15) is 13.2 Å². The molecule has 1 saturated carbocycles. The Hall–Kier alpha value is -1.66. The zero-order valence-electron chi connectivity index (χ0n) is 15.1. The number of amides is 1. The van der Waals surface area contributed by atoms with E-state index in [-0.39, 0.29) is 28.3 Å². The highest BCUT2D eigenvalue weighted by molar-refractivity contribution is 14.1. The van der Waals surface area contributed by atoms with Gasteiger partial charge in [0.25, 0.3) is 10.0 Å². The second-order valence-corrected chi connectivity index (χ2v) is 10.4. The fourth-order valence-electron chi connectivity index (χ4n) is 2.79. The van der Waals surface area contributed by atoms with Gasteiger partial charge in [-0.15, -0.1) is 11.8 Å². The Morgan fingerprint density at radius 1 is 1.25 bits per heavy atom. The topological polar surface area (TPSA) is 93.9 Å². The minimum Gasteiger partial charge on any atom is -0.294 e. The number of nitrogens with zero attached hydrogens (tertiary/aromatic N) is 3. The van der Waals surface area contributed by atoms with Crippen LogP contribution in [0.1, 0.15) is 18.4 Å². The van der Waals surface area contributed by atoms with E-state index in [1.807, 2.05) is 13.2 Å². The van der Waals surface area contributed by atoms with Crippen molar-refractivity contribution in [2.75, 3.05) is 11.6 Å². The number of hydrogen-bond donors (Lipinski definition) is 1. The van der Waals surface area contributed by atoms with Gasteiger partial charge in [-0.3, -0.25) is 10.1 Å². The average molecular weight is 528 g/mol. The number of fused-ring (bicyclic) bond motifs is 1. The molecule has 1 amide bonds. The van der Waals surface area contributed by atoms with E-state index in [4.69, 9.17) is 0 Å². The molecule has 1 aliphatic carbocycles. The molecular weight excluding hydrogens is 511 g/mol. The Morgan fingerprint density at radius 2 is 1.93 bits per heavy atom. The molecule has 1 fully saturated rings. The second-order valence-electron chi connectivity index (χ2n) is 6.61. The predicted octanol–water partition coefficient (Wildman–Crippen LogP) is 3.65. The first-order valence-electron chi connectivity index (χ1n) is 8.57. The van der Waals surface area contributed by atoms with Gasteiger partial charge in [-0.25, -0.2) is 17.4 Å². The molecule has 1 aromatic carbocycles. The lowest BCUT2D eigenvalue weighted by Gasteiger charge is -2.10. The number of carbonyl (C=O) groups is 1. The van der Waals surface area contributed by atoms with Crippen molar-refractivity contribution in [1.29, 1.82) is 0 Å². The molecule has 1 N–H and O–H groups in total. The van der Waals surface area contributed by atoms with Crippen LogP contribution in [0.3, 0.4) is 0 Å². The third-order valence-corrected chi connectivity index (χ3v) is 7.65. The molecule has 10 heteroatoms. The van der Waals surface area contributed by atoms with Gasteiger partial charge < -0.3 is 0 Å². The highest BCUT2D eigenvalue weighted by Crippen LogP contribution is 2.34. The van der Waals surface area contributed by atoms with Crippen molar-refractivity contribution in [3.05, 3.63) is 39.6 Å². The first-order valence-corrected chi connectivity index (χ1v) is 12.3. The Morgan fingerprint density at radius 3 is 2.54 bits per heavy atom. The van der Waals surface area contributed by atoms with Crippen LogP contribution in [0.5, 0.6) is 0 Å². The van der Waals surface area contributed by atoms with Crippen molar-refractivity contribution in [1.82, 2.24) is 13.9 Å². The molecule has 0 atom stereocenters. The largest absolute Gasteiger partial charge is 0.294 e. The molecule has 28 heavy (non-hydrogen) atoms. The van der Waals surface area contributed by atoms with Crippen LogP contribution < -0.4 is 5.32 Å². The van der Waals surface area contributed by atoms with Gasteiger partial charge in [-0.1, -0.05) is 17.7 Å². The zero-order valence-corrected chi connectivity index (χ0v) is 18.9. The first-order chi connectivity index (χ1) is 13.3. The molecular formula is C18H17IN4O3S2. The molecule has 0 bridgehead atoms. The van der Waals surface area contributed by atoms with Crippen molar-refractivity contribution in [2.45, 2.75) is 29.7 Å². The van der Waals surface area contributed by atoms with Crippen molar-refractivity contribution < 1.29 is 13.2 Å². The third kappa shape index (κ3) is 3.52. The van der Waals surface area contributed by atoms with Gasteiger partial charge in [-0.05, 0) is 60.7 Å². The Labute approximate surface area is 180 Å². The molecule has 0 unspecified atom stereocenters. The summed E-state index contributed by atoms with van der Waals surface area (Å²) in [7, 11) is -3.84. The molecule has 0 spiro atoms. The number of halogens is 1. The molecule has 2 heterocycles.